The maximum absolute atomic E-state index is 11.1. The molecule has 0 saturated carbocycles. The zero-order valence-electron chi connectivity index (χ0n) is 7.58. The van der Waals surface area contributed by atoms with Crippen LogP contribution in [-0.2, 0) is 9.53 Å². The molecule has 0 aliphatic carbocycles. The van der Waals surface area contributed by atoms with Gasteiger partial charge in [0.05, 0.1) is 10.9 Å². The van der Waals surface area contributed by atoms with E-state index in [0.29, 0.717) is 0 Å². The van der Waals surface area contributed by atoms with E-state index in [1.165, 1.54) is 24.5 Å². The number of carbonyl (C=O) groups excluding carboxylic acids is 1. The van der Waals surface area contributed by atoms with Crippen LogP contribution in [0.25, 0.3) is 6.08 Å². The zero-order chi connectivity index (χ0) is 11.4. The summed E-state index contributed by atoms with van der Waals surface area (Å²) in [5, 5.41) is 8.73. The Hall–Kier alpha value is -0.640. The van der Waals surface area contributed by atoms with Crippen molar-refractivity contribution in [3.8, 4) is 6.07 Å². The predicted molar refractivity (Wildman–Crippen MR) is 65.3 cm³/mol. The Morgan fingerprint density at radius 2 is 2.33 bits per heavy atom. The lowest BCUT2D eigenvalue weighted by Crippen LogP contribution is -2.02. The zero-order valence-corrected chi connectivity index (χ0v) is 11.6. The highest BCUT2D eigenvalue weighted by atomic mass is 79.9. The van der Waals surface area contributed by atoms with Gasteiger partial charge in [-0.05, 0) is 44.0 Å². The minimum atomic E-state index is -0.627. The van der Waals surface area contributed by atoms with E-state index in [1.807, 2.05) is 6.07 Å². The molecule has 3 nitrogen and oxygen atoms in total. The van der Waals surface area contributed by atoms with Crippen LogP contribution in [0.2, 0.25) is 0 Å². The number of nitrogens with zero attached hydrogens (tertiary/aromatic N) is 1. The molecule has 1 aromatic rings. The number of hydrogen-bond donors (Lipinski definition) is 0. The third-order valence-corrected chi connectivity index (χ3v) is 4.68. The van der Waals surface area contributed by atoms with Gasteiger partial charge in [0, 0.05) is 9.35 Å². The molecule has 0 amide bonds. The average Bonchev–Trinajstić information content (AvgIpc) is 2.53. The number of halogens is 2. The van der Waals surface area contributed by atoms with Crippen molar-refractivity contribution in [3.63, 3.8) is 0 Å². The van der Waals surface area contributed by atoms with E-state index in [1.54, 1.807) is 6.07 Å². The van der Waals surface area contributed by atoms with Crippen molar-refractivity contribution in [3.05, 3.63) is 24.8 Å². The first-order valence-electron chi connectivity index (χ1n) is 3.73. The van der Waals surface area contributed by atoms with E-state index >= 15 is 0 Å². The SMILES string of the molecule is COC(=O)/C(C#N)=C\c1cc(Br)c(Br)s1. The number of nitriles is 1. The van der Waals surface area contributed by atoms with Gasteiger partial charge in [-0.1, -0.05) is 0 Å². The third-order valence-electron chi connectivity index (χ3n) is 1.48. The quantitative estimate of drug-likeness (QED) is 0.467. The summed E-state index contributed by atoms with van der Waals surface area (Å²) in [6, 6.07) is 3.61. The van der Waals surface area contributed by atoms with Crippen LogP contribution in [-0.4, -0.2) is 13.1 Å². The van der Waals surface area contributed by atoms with Crippen molar-refractivity contribution in [1.29, 1.82) is 5.26 Å². The van der Waals surface area contributed by atoms with Crippen molar-refractivity contribution in [2.75, 3.05) is 7.11 Å². The Morgan fingerprint density at radius 3 is 2.73 bits per heavy atom. The Bertz CT molecular complexity index is 440. The Labute approximate surface area is 108 Å². The molecule has 0 aliphatic rings. The van der Waals surface area contributed by atoms with E-state index in [2.05, 4.69) is 36.6 Å². The molecule has 15 heavy (non-hydrogen) atoms. The molecule has 0 radical (unpaired) electrons. The van der Waals surface area contributed by atoms with Crippen LogP contribution in [0.1, 0.15) is 4.88 Å². The molecule has 1 aromatic heterocycles. The molecule has 1 heterocycles. The number of methoxy groups -OCH3 is 1. The molecular formula is C9H5Br2NO2S. The van der Waals surface area contributed by atoms with Crippen LogP contribution < -0.4 is 0 Å². The van der Waals surface area contributed by atoms with Crippen molar-refractivity contribution in [2.45, 2.75) is 0 Å². The summed E-state index contributed by atoms with van der Waals surface area (Å²) in [5.41, 5.74) is -0.0150. The second kappa shape index (κ2) is 5.45. The molecule has 0 saturated heterocycles. The molecule has 0 atom stereocenters. The van der Waals surface area contributed by atoms with Gasteiger partial charge >= 0.3 is 5.97 Å². The molecule has 6 heteroatoms. The minimum Gasteiger partial charge on any atom is -0.465 e. The van der Waals surface area contributed by atoms with Crippen LogP contribution in [0.4, 0.5) is 0 Å². The molecule has 78 valence electrons. The van der Waals surface area contributed by atoms with Gasteiger partial charge in [0.15, 0.2) is 0 Å². The highest BCUT2D eigenvalue weighted by Gasteiger charge is 2.10. The highest BCUT2D eigenvalue weighted by Crippen LogP contribution is 2.33. The van der Waals surface area contributed by atoms with Crippen LogP contribution in [0.15, 0.2) is 19.9 Å². The summed E-state index contributed by atoms with van der Waals surface area (Å²) in [7, 11) is 1.24. The van der Waals surface area contributed by atoms with Crippen molar-refractivity contribution >= 4 is 55.2 Å². The van der Waals surface area contributed by atoms with Gasteiger partial charge in [0.2, 0.25) is 0 Å². The normalized spacial score (nSPS) is 10.9. The summed E-state index contributed by atoms with van der Waals surface area (Å²) < 4.78 is 6.27. The van der Waals surface area contributed by atoms with Gasteiger partial charge in [-0.15, -0.1) is 11.3 Å². The summed E-state index contributed by atoms with van der Waals surface area (Å²) in [5.74, 6) is -0.627. The molecule has 0 aliphatic heterocycles. The monoisotopic (exact) mass is 349 g/mol. The summed E-state index contributed by atoms with van der Waals surface area (Å²) in [6.07, 6.45) is 1.49. The Kier molecular flexibility index (Phi) is 4.51. The molecule has 0 spiro atoms. The third kappa shape index (κ3) is 3.16. The Balaban J connectivity index is 3.05. The fourth-order valence-electron chi connectivity index (χ4n) is 0.824. The van der Waals surface area contributed by atoms with Crippen LogP contribution in [0.5, 0.6) is 0 Å². The molecular weight excluding hydrogens is 346 g/mol. The average molecular weight is 351 g/mol. The highest BCUT2D eigenvalue weighted by molar-refractivity contribution is 9.13. The van der Waals surface area contributed by atoms with Gasteiger partial charge in [-0.25, -0.2) is 4.79 Å². The van der Waals surface area contributed by atoms with Crippen molar-refractivity contribution in [2.24, 2.45) is 0 Å². The van der Waals surface area contributed by atoms with Crippen LogP contribution in [0, 0.1) is 11.3 Å². The fourth-order valence-corrected chi connectivity index (χ4v) is 2.86. The van der Waals surface area contributed by atoms with E-state index in [-0.39, 0.29) is 5.57 Å². The van der Waals surface area contributed by atoms with Crippen molar-refractivity contribution in [1.82, 2.24) is 0 Å². The number of esters is 1. The number of carbonyl (C=O) groups is 1. The standard InChI is InChI=1S/C9H5Br2NO2S/c1-14-9(13)5(4-12)2-6-3-7(10)8(11)15-6/h2-3H,1H3/b5-2-. The molecule has 0 N–H and O–H groups in total. The fraction of sp³-hybridized carbons (Fsp3) is 0.111. The van der Waals surface area contributed by atoms with Gasteiger partial charge in [-0.3, -0.25) is 0 Å². The maximum Gasteiger partial charge on any atom is 0.348 e. The van der Waals surface area contributed by atoms with Crippen molar-refractivity contribution < 1.29 is 9.53 Å². The van der Waals surface area contributed by atoms with Gasteiger partial charge < -0.3 is 4.74 Å². The summed E-state index contributed by atoms with van der Waals surface area (Å²) >= 11 is 8.06. The van der Waals surface area contributed by atoms with E-state index in [9.17, 15) is 4.79 Å². The van der Waals surface area contributed by atoms with Gasteiger partial charge in [0.25, 0.3) is 0 Å². The molecule has 0 aromatic carbocycles. The van der Waals surface area contributed by atoms with Gasteiger partial charge in [0.1, 0.15) is 11.6 Å². The van der Waals surface area contributed by atoms with Crippen LogP contribution in [0.3, 0.4) is 0 Å². The lowest BCUT2D eigenvalue weighted by Gasteiger charge is -1.93. The lowest BCUT2D eigenvalue weighted by atomic mass is 10.2. The van der Waals surface area contributed by atoms with Gasteiger partial charge in [-0.2, -0.15) is 5.26 Å². The molecule has 0 bridgehead atoms. The smallest absolute Gasteiger partial charge is 0.348 e. The first kappa shape index (κ1) is 12.4. The number of rotatable bonds is 2. The Morgan fingerprint density at radius 1 is 1.67 bits per heavy atom. The second-order valence-electron chi connectivity index (χ2n) is 2.43. The molecule has 0 unspecified atom stereocenters. The number of ether oxygens (including phenoxy) is 1. The van der Waals surface area contributed by atoms with E-state index in [0.717, 1.165) is 13.1 Å². The number of hydrogen-bond acceptors (Lipinski definition) is 4. The maximum atomic E-state index is 11.1. The molecule has 1 rings (SSSR count). The first-order chi connectivity index (χ1) is 7.08. The lowest BCUT2D eigenvalue weighted by molar-refractivity contribution is -0.135. The van der Waals surface area contributed by atoms with E-state index in [4.69, 9.17) is 5.26 Å². The second-order valence-corrected chi connectivity index (χ2v) is 5.69. The van der Waals surface area contributed by atoms with Crippen LogP contribution >= 0.6 is 43.2 Å². The summed E-state index contributed by atoms with van der Waals surface area (Å²) in [6.45, 7) is 0. The summed E-state index contributed by atoms with van der Waals surface area (Å²) in [4.78, 5) is 11.9. The largest absolute Gasteiger partial charge is 0.465 e. The predicted octanol–water partition coefficient (Wildman–Crippen LogP) is 3.35. The topological polar surface area (TPSA) is 50.1 Å². The first-order valence-corrected chi connectivity index (χ1v) is 6.13. The minimum absolute atomic E-state index is 0.0150. The number of thiophene rings is 1. The van der Waals surface area contributed by atoms with E-state index < -0.39 is 5.97 Å². The molecule has 0 fully saturated rings.